The van der Waals surface area contributed by atoms with Crippen molar-refractivity contribution in [3.05, 3.63) is 72.3 Å². The maximum absolute atomic E-state index is 12.6. The number of hydrogen-bond acceptors (Lipinski definition) is 5. The second-order valence-electron chi connectivity index (χ2n) is 7.26. The Bertz CT molecular complexity index is 1300. The van der Waals surface area contributed by atoms with Gasteiger partial charge in [-0.2, -0.15) is 5.10 Å². The maximum atomic E-state index is 12.6. The van der Waals surface area contributed by atoms with Crippen LogP contribution in [-0.4, -0.2) is 38.7 Å². The number of anilines is 2. The van der Waals surface area contributed by atoms with Gasteiger partial charge in [-0.1, -0.05) is 48.5 Å². The lowest BCUT2D eigenvalue weighted by Crippen LogP contribution is -2.39. The van der Waals surface area contributed by atoms with E-state index in [2.05, 4.69) is 15.8 Å². The van der Waals surface area contributed by atoms with Crippen LogP contribution >= 0.6 is 0 Å². The van der Waals surface area contributed by atoms with Gasteiger partial charge in [-0.25, -0.2) is 13.8 Å². The number of hydrazone groups is 1. The molecule has 2 amide bonds. The minimum atomic E-state index is -3.73. The minimum absolute atomic E-state index is 0.195. The summed E-state index contributed by atoms with van der Waals surface area (Å²) in [6.07, 6.45) is 1.06. The number of nitrogens with zero attached hydrogens (tertiary/aromatic N) is 2. The lowest BCUT2D eigenvalue weighted by Gasteiger charge is -2.23. The molecule has 0 aliphatic heterocycles. The van der Waals surface area contributed by atoms with E-state index in [1.54, 1.807) is 43.3 Å². The van der Waals surface area contributed by atoms with Crippen molar-refractivity contribution in [1.82, 2.24) is 5.43 Å². The fourth-order valence-corrected chi connectivity index (χ4v) is 4.08. The van der Waals surface area contributed by atoms with Gasteiger partial charge in [0.15, 0.2) is 0 Å². The molecule has 0 unspecified atom stereocenters. The van der Waals surface area contributed by atoms with Gasteiger partial charge in [0, 0.05) is 18.0 Å². The van der Waals surface area contributed by atoms with Gasteiger partial charge in [0.2, 0.25) is 15.9 Å². The van der Waals surface area contributed by atoms with Crippen LogP contribution < -0.4 is 15.0 Å². The molecule has 0 aliphatic carbocycles. The maximum Gasteiger partial charge on any atom is 0.260 e. The number of benzene rings is 3. The lowest BCUT2D eigenvalue weighted by atomic mass is 10.1. The Labute approximate surface area is 187 Å². The van der Waals surface area contributed by atoms with Crippen molar-refractivity contribution in [2.24, 2.45) is 5.10 Å². The van der Waals surface area contributed by atoms with E-state index < -0.39 is 22.5 Å². The standard InChI is InChI=1S/C23H24N4O4S/c1-16(19-10-6-11-20(14-19)24-17(2)28)25-26-23(29)15-27(32(3,30)31)22-13-7-9-18-8-4-5-12-21(18)22/h4-14H,15H2,1-3H3,(H,24,28)(H,26,29)/b25-16-. The number of sulfonamides is 1. The molecule has 3 rings (SSSR count). The van der Waals surface area contributed by atoms with Crippen molar-refractivity contribution < 1.29 is 18.0 Å². The molecule has 0 saturated carbocycles. The molecule has 8 nitrogen and oxygen atoms in total. The molecule has 0 heterocycles. The number of amides is 2. The molecule has 0 fully saturated rings. The second kappa shape index (κ2) is 9.61. The van der Waals surface area contributed by atoms with Crippen LogP contribution in [0.1, 0.15) is 19.4 Å². The Morgan fingerprint density at radius 3 is 2.38 bits per heavy atom. The van der Waals surface area contributed by atoms with Crippen LogP contribution in [0.3, 0.4) is 0 Å². The van der Waals surface area contributed by atoms with Gasteiger partial charge >= 0.3 is 0 Å². The lowest BCUT2D eigenvalue weighted by molar-refractivity contribution is -0.119. The molecule has 3 aromatic carbocycles. The van der Waals surface area contributed by atoms with Crippen molar-refractivity contribution in [2.75, 3.05) is 22.4 Å². The smallest absolute Gasteiger partial charge is 0.260 e. The van der Waals surface area contributed by atoms with Crippen molar-refractivity contribution in [3.63, 3.8) is 0 Å². The number of nitrogens with one attached hydrogen (secondary N) is 2. The monoisotopic (exact) mass is 452 g/mol. The fraction of sp³-hybridized carbons (Fsp3) is 0.174. The number of carbonyl (C=O) groups excluding carboxylic acids is 2. The zero-order valence-corrected chi connectivity index (χ0v) is 18.8. The Morgan fingerprint density at radius 2 is 1.66 bits per heavy atom. The highest BCUT2D eigenvalue weighted by atomic mass is 32.2. The summed E-state index contributed by atoms with van der Waals surface area (Å²) < 4.78 is 26.0. The molecule has 32 heavy (non-hydrogen) atoms. The Morgan fingerprint density at radius 1 is 0.969 bits per heavy atom. The molecule has 166 valence electrons. The molecule has 0 spiro atoms. The number of carbonyl (C=O) groups is 2. The topological polar surface area (TPSA) is 108 Å². The quantitative estimate of drug-likeness (QED) is 0.424. The summed E-state index contributed by atoms with van der Waals surface area (Å²) in [5.41, 5.74) is 4.65. The molecule has 0 atom stereocenters. The SMILES string of the molecule is CC(=O)Nc1cccc(/C(C)=N\NC(=O)CN(c2cccc3ccccc23)S(C)(=O)=O)c1. The third-order valence-electron chi connectivity index (χ3n) is 4.67. The number of rotatable bonds is 7. The summed E-state index contributed by atoms with van der Waals surface area (Å²) in [6, 6.07) is 19.7. The van der Waals surface area contributed by atoms with Crippen LogP contribution in [0.25, 0.3) is 10.8 Å². The van der Waals surface area contributed by atoms with Crippen LogP contribution in [-0.2, 0) is 19.6 Å². The van der Waals surface area contributed by atoms with Crippen LogP contribution in [0.15, 0.2) is 71.8 Å². The zero-order valence-electron chi connectivity index (χ0n) is 18.0. The Hall–Kier alpha value is -3.72. The summed E-state index contributed by atoms with van der Waals surface area (Å²) in [4.78, 5) is 23.8. The van der Waals surface area contributed by atoms with Crippen LogP contribution in [0.4, 0.5) is 11.4 Å². The summed E-state index contributed by atoms with van der Waals surface area (Å²) in [7, 11) is -3.73. The third kappa shape index (κ3) is 5.70. The predicted molar refractivity (Wildman–Crippen MR) is 127 cm³/mol. The number of hydrogen-bond donors (Lipinski definition) is 2. The molecule has 0 aliphatic rings. The van der Waals surface area contributed by atoms with Crippen LogP contribution in [0.5, 0.6) is 0 Å². The first-order valence-corrected chi connectivity index (χ1v) is 11.7. The molecular weight excluding hydrogens is 428 g/mol. The average Bonchev–Trinajstić information content (AvgIpc) is 2.74. The van der Waals surface area contributed by atoms with Crippen molar-refractivity contribution in [2.45, 2.75) is 13.8 Å². The fourth-order valence-electron chi connectivity index (χ4n) is 3.21. The Balaban J connectivity index is 1.80. The molecule has 3 aromatic rings. The largest absolute Gasteiger partial charge is 0.326 e. The van der Waals surface area contributed by atoms with E-state index in [4.69, 9.17) is 0 Å². The summed E-state index contributed by atoms with van der Waals surface area (Å²) in [6.45, 7) is 2.69. The zero-order chi connectivity index (χ0) is 23.3. The van der Waals surface area contributed by atoms with Crippen molar-refractivity contribution in [1.29, 1.82) is 0 Å². The second-order valence-corrected chi connectivity index (χ2v) is 9.17. The van der Waals surface area contributed by atoms with Gasteiger partial charge in [0.05, 0.1) is 17.7 Å². The van der Waals surface area contributed by atoms with Gasteiger partial charge < -0.3 is 5.32 Å². The average molecular weight is 453 g/mol. The normalized spacial score (nSPS) is 11.8. The van der Waals surface area contributed by atoms with Crippen LogP contribution in [0.2, 0.25) is 0 Å². The predicted octanol–water partition coefficient (Wildman–Crippen LogP) is 3.10. The van der Waals surface area contributed by atoms with E-state index >= 15 is 0 Å². The molecule has 2 N–H and O–H groups in total. The minimum Gasteiger partial charge on any atom is -0.326 e. The molecular formula is C23H24N4O4S. The summed E-state index contributed by atoms with van der Waals surface area (Å²) >= 11 is 0. The van der Waals surface area contributed by atoms with Gasteiger partial charge in [-0.05, 0) is 36.1 Å². The summed E-state index contributed by atoms with van der Waals surface area (Å²) in [5, 5.41) is 8.37. The van der Waals surface area contributed by atoms with Gasteiger partial charge in [0.25, 0.3) is 5.91 Å². The molecule has 9 heteroatoms. The first kappa shape index (κ1) is 23.0. The van der Waals surface area contributed by atoms with Crippen molar-refractivity contribution >= 4 is 49.7 Å². The Kier molecular flexibility index (Phi) is 6.89. The van der Waals surface area contributed by atoms with E-state index in [9.17, 15) is 18.0 Å². The number of fused-ring (bicyclic) bond motifs is 1. The van der Waals surface area contributed by atoms with E-state index in [1.807, 2.05) is 30.3 Å². The van der Waals surface area contributed by atoms with Crippen molar-refractivity contribution in [3.8, 4) is 0 Å². The molecule has 0 saturated heterocycles. The van der Waals surface area contributed by atoms with Gasteiger partial charge in [0.1, 0.15) is 6.54 Å². The molecule has 0 bridgehead atoms. The highest BCUT2D eigenvalue weighted by molar-refractivity contribution is 7.92. The molecule has 0 radical (unpaired) electrons. The first-order valence-electron chi connectivity index (χ1n) is 9.82. The van der Waals surface area contributed by atoms with Gasteiger partial charge in [-0.15, -0.1) is 0 Å². The molecule has 0 aromatic heterocycles. The highest BCUT2D eigenvalue weighted by Gasteiger charge is 2.22. The summed E-state index contributed by atoms with van der Waals surface area (Å²) in [5.74, 6) is -0.778. The first-order chi connectivity index (χ1) is 15.1. The van der Waals surface area contributed by atoms with E-state index in [0.29, 0.717) is 22.6 Å². The van der Waals surface area contributed by atoms with E-state index in [0.717, 1.165) is 21.3 Å². The van der Waals surface area contributed by atoms with Crippen LogP contribution in [0, 0.1) is 0 Å². The third-order valence-corrected chi connectivity index (χ3v) is 5.80. The van der Waals surface area contributed by atoms with Gasteiger partial charge in [-0.3, -0.25) is 13.9 Å². The highest BCUT2D eigenvalue weighted by Crippen LogP contribution is 2.28. The van der Waals surface area contributed by atoms with E-state index in [-0.39, 0.29) is 5.91 Å². The van der Waals surface area contributed by atoms with E-state index in [1.165, 1.54) is 6.92 Å².